The van der Waals surface area contributed by atoms with E-state index in [-0.39, 0.29) is 25.3 Å². The first-order valence-electron chi connectivity index (χ1n) is 11.5. The number of aromatic nitrogens is 2. The van der Waals surface area contributed by atoms with Crippen molar-refractivity contribution < 1.29 is 36.0 Å². The van der Waals surface area contributed by atoms with Gasteiger partial charge in [-0.1, -0.05) is 12.0 Å². The fourth-order valence-electron chi connectivity index (χ4n) is 4.36. The minimum Gasteiger partial charge on any atom is -0.327 e. The van der Waals surface area contributed by atoms with Crippen molar-refractivity contribution in [1.82, 2.24) is 19.4 Å². The zero-order valence-corrected chi connectivity index (χ0v) is 20.6. The van der Waals surface area contributed by atoms with Crippen molar-refractivity contribution in [2.75, 3.05) is 42.7 Å². The molecule has 16 heteroatoms. The molecule has 1 N–H and O–H groups in total. The van der Waals surface area contributed by atoms with E-state index in [0.29, 0.717) is 33.4 Å². The van der Waals surface area contributed by atoms with Gasteiger partial charge in [0.25, 0.3) is 5.56 Å². The molecule has 1 aromatic carbocycles. The van der Waals surface area contributed by atoms with E-state index in [4.69, 9.17) is 4.84 Å². The summed E-state index contributed by atoms with van der Waals surface area (Å²) in [6.45, 7) is 2.47. The highest BCUT2D eigenvalue weighted by Gasteiger charge is 2.51. The lowest BCUT2D eigenvalue weighted by atomic mass is 10.2. The van der Waals surface area contributed by atoms with E-state index < -0.39 is 52.9 Å². The van der Waals surface area contributed by atoms with Crippen molar-refractivity contribution in [2.24, 2.45) is 7.05 Å². The number of alkyl halides is 6. The highest BCUT2D eigenvalue weighted by molar-refractivity contribution is 5.80. The van der Waals surface area contributed by atoms with Crippen molar-refractivity contribution in [3.8, 4) is 17.5 Å². The molecule has 1 atom stereocenters. The second-order valence-electron chi connectivity index (χ2n) is 8.59. The van der Waals surface area contributed by atoms with E-state index in [1.54, 1.807) is 4.90 Å². The minimum absolute atomic E-state index is 0.225. The predicted octanol–water partition coefficient (Wildman–Crippen LogP) is 1.41. The van der Waals surface area contributed by atoms with Crippen LogP contribution < -0.4 is 26.5 Å². The molecule has 0 spiro atoms. The number of carbonyl (C=O) groups excluding carboxylic acids is 1. The Labute approximate surface area is 216 Å². The Balaban J connectivity index is 2.06. The Morgan fingerprint density at radius 2 is 1.79 bits per heavy atom. The van der Waals surface area contributed by atoms with E-state index in [2.05, 4.69) is 17.2 Å². The molecular formula is C23H22F6N6O4. The quantitative estimate of drug-likeness (QED) is 0.444. The van der Waals surface area contributed by atoms with Gasteiger partial charge in [-0.15, -0.1) is 11.0 Å². The number of piperazine rings is 1. The van der Waals surface area contributed by atoms with Crippen LogP contribution in [0.2, 0.25) is 0 Å². The Morgan fingerprint density at radius 1 is 1.13 bits per heavy atom. The number of halogens is 6. The maximum atomic E-state index is 13.5. The summed E-state index contributed by atoms with van der Waals surface area (Å²) in [5.74, 6) is 2.04. The topological polar surface area (TPSA) is 92.0 Å². The third-order valence-corrected chi connectivity index (χ3v) is 6.14. The first-order chi connectivity index (χ1) is 18.3. The van der Waals surface area contributed by atoms with Gasteiger partial charge in [-0.05, 0) is 25.1 Å². The van der Waals surface area contributed by atoms with E-state index in [9.17, 15) is 40.7 Å². The molecule has 39 heavy (non-hydrogen) atoms. The molecule has 1 unspecified atom stereocenters. The Kier molecular flexibility index (Phi) is 7.41. The lowest BCUT2D eigenvalue weighted by molar-refractivity contribution is -0.203. The summed E-state index contributed by atoms with van der Waals surface area (Å²) < 4.78 is 81.8. The molecule has 210 valence electrons. The average Bonchev–Trinajstić information content (AvgIpc) is 3.19. The molecular weight excluding hydrogens is 538 g/mol. The van der Waals surface area contributed by atoms with Crippen molar-refractivity contribution in [3.63, 3.8) is 0 Å². The standard InChI is InChI=1S/C23H22F6N6O4/c1-3-4-10-33-16-17(35(39-19(37)23(27,28)29)20(33)32-11-8-30-9-12-32)34(21(38)31(2)18(16)36)15-7-5-6-14(13-15)22(24,25)26/h5-7,13,20,30H,8-12H2,1-2H3. The van der Waals surface area contributed by atoms with Gasteiger partial charge in [-0.3, -0.25) is 14.3 Å². The number of anilines is 2. The molecule has 0 saturated carbocycles. The van der Waals surface area contributed by atoms with E-state index in [0.717, 1.165) is 25.2 Å². The highest BCUT2D eigenvalue weighted by Crippen LogP contribution is 2.40. The van der Waals surface area contributed by atoms with Crippen LogP contribution in [0.4, 0.5) is 37.8 Å². The fraction of sp³-hybridized carbons (Fsp3) is 0.435. The van der Waals surface area contributed by atoms with Crippen molar-refractivity contribution in [2.45, 2.75) is 25.6 Å². The smallest absolute Gasteiger partial charge is 0.327 e. The van der Waals surface area contributed by atoms with Crippen LogP contribution >= 0.6 is 0 Å². The molecule has 0 amide bonds. The normalized spacial score (nSPS) is 18.0. The summed E-state index contributed by atoms with van der Waals surface area (Å²) >= 11 is 0. The number of benzene rings is 1. The molecule has 3 heterocycles. The molecule has 10 nitrogen and oxygen atoms in total. The first kappa shape index (κ1) is 28.0. The Hall–Kier alpha value is -3.97. The van der Waals surface area contributed by atoms with Crippen LogP contribution in [0.15, 0.2) is 33.9 Å². The number of hydrogen-bond acceptors (Lipinski definition) is 8. The summed E-state index contributed by atoms with van der Waals surface area (Å²) in [5, 5.41) is 3.52. The summed E-state index contributed by atoms with van der Waals surface area (Å²) in [5.41, 5.74) is -4.10. The zero-order chi connectivity index (χ0) is 28.7. The third kappa shape index (κ3) is 5.19. The van der Waals surface area contributed by atoms with Crippen LogP contribution in [0.5, 0.6) is 0 Å². The average molecular weight is 560 g/mol. The molecule has 0 bridgehead atoms. The monoisotopic (exact) mass is 560 g/mol. The van der Waals surface area contributed by atoms with Crippen LogP contribution in [0.25, 0.3) is 5.69 Å². The number of hydroxylamine groups is 1. The maximum Gasteiger partial charge on any atom is 0.493 e. The number of rotatable bonds is 4. The SMILES string of the molecule is CC#CCN1c2c(n(-c3cccc(C(F)(F)F)c3)c(=O)n(C)c2=O)N(OC(=O)C(F)(F)F)C1N1CCNCC1. The lowest BCUT2D eigenvalue weighted by Gasteiger charge is -2.40. The summed E-state index contributed by atoms with van der Waals surface area (Å²) in [7, 11) is 1.07. The van der Waals surface area contributed by atoms with Crippen LogP contribution in [0.3, 0.4) is 0 Å². The molecule has 1 saturated heterocycles. The Bertz CT molecular complexity index is 1450. The molecule has 1 aromatic heterocycles. The molecule has 2 aliphatic rings. The second kappa shape index (κ2) is 10.3. The van der Waals surface area contributed by atoms with Crippen molar-refractivity contribution >= 4 is 17.5 Å². The van der Waals surface area contributed by atoms with Gasteiger partial charge >= 0.3 is 24.0 Å². The Morgan fingerprint density at radius 3 is 2.38 bits per heavy atom. The fourth-order valence-corrected chi connectivity index (χ4v) is 4.36. The van der Waals surface area contributed by atoms with Crippen LogP contribution in [0, 0.1) is 11.8 Å². The number of nitrogens with zero attached hydrogens (tertiary/aromatic N) is 5. The maximum absolute atomic E-state index is 13.5. The minimum atomic E-state index is -5.47. The van der Waals surface area contributed by atoms with Crippen molar-refractivity contribution in [1.29, 1.82) is 0 Å². The van der Waals surface area contributed by atoms with Gasteiger partial charge in [-0.2, -0.15) is 26.3 Å². The summed E-state index contributed by atoms with van der Waals surface area (Å²) in [4.78, 5) is 46.4. The van der Waals surface area contributed by atoms with Crippen LogP contribution in [0.1, 0.15) is 12.5 Å². The van der Waals surface area contributed by atoms with Gasteiger partial charge in [0.05, 0.1) is 17.8 Å². The predicted molar refractivity (Wildman–Crippen MR) is 126 cm³/mol. The number of hydrogen-bond donors (Lipinski definition) is 1. The molecule has 0 radical (unpaired) electrons. The summed E-state index contributed by atoms with van der Waals surface area (Å²) in [6.07, 6.45) is -11.7. The molecule has 0 aliphatic carbocycles. The van der Waals surface area contributed by atoms with Crippen molar-refractivity contribution in [3.05, 3.63) is 50.7 Å². The van der Waals surface area contributed by atoms with Gasteiger partial charge in [0.2, 0.25) is 0 Å². The molecule has 2 aromatic rings. The van der Waals surface area contributed by atoms with Crippen LogP contribution in [-0.2, 0) is 22.9 Å². The number of carbonyl (C=O) groups is 1. The van der Waals surface area contributed by atoms with Gasteiger partial charge in [-0.25, -0.2) is 14.2 Å². The highest BCUT2D eigenvalue weighted by atomic mass is 19.4. The second-order valence-corrected chi connectivity index (χ2v) is 8.59. The lowest BCUT2D eigenvalue weighted by Crippen LogP contribution is -2.61. The third-order valence-electron chi connectivity index (χ3n) is 6.14. The molecule has 4 rings (SSSR count). The van der Waals surface area contributed by atoms with Gasteiger partial charge < -0.3 is 15.1 Å². The number of fused-ring (bicyclic) bond motifs is 1. The largest absolute Gasteiger partial charge is 0.493 e. The molecule has 1 fully saturated rings. The van der Waals surface area contributed by atoms with Crippen LogP contribution in [-0.4, -0.2) is 65.2 Å². The van der Waals surface area contributed by atoms with Gasteiger partial charge in [0.1, 0.15) is 0 Å². The summed E-state index contributed by atoms with van der Waals surface area (Å²) in [6, 6.07) is 3.45. The number of nitrogens with one attached hydrogen (secondary N) is 1. The van der Waals surface area contributed by atoms with E-state index in [1.165, 1.54) is 11.8 Å². The zero-order valence-electron chi connectivity index (χ0n) is 20.6. The van der Waals surface area contributed by atoms with Gasteiger partial charge in [0, 0.05) is 33.2 Å². The van der Waals surface area contributed by atoms with Gasteiger partial charge in [0.15, 0.2) is 17.8 Å². The first-order valence-corrected chi connectivity index (χ1v) is 11.5. The molecule has 2 aliphatic heterocycles. The van der Waals surface area contributed by atoms with E-state index >= 15 is 0 Å². The van der Waals surface area contributed by atoms with E-state index in [1.807, 2.05) is 0 Å².